The molecule has 0 unspecified atom stereocenters. The summed E-state index contributed by atoms with van der Waals surface area (Å²) in [5.74, 6) is 1.23. The summed E-state index contributed by atoms with van der Waals surface area (Å²) in [6, 6.07) is 7.50. The number of amides is 1. The summed E-state index contributed by atoms with van der Waals surface area (Å²) in [6.07, 6.45) is 8.56. The number of halogens is 1. The second-order valence-corrected chi connectivity index (χ2v) is 6.69. The third-order valence-corrected chi connectivity index (χ3v) is 4.68. The maximum Gasteiger partial charge on any atom is 0.257 e. The molecule has 1 fully saturated rings. The van der Waals surface area contributed by atoms with Gasteiger partial charge in [-0.1, -0.05) is 23.7 Å². The van der Waals surface area contributed by atoms with E-state index in [2.05, 4.69) is 15.0 Å². The predicted octanol–water partition coefficient (Wildman–Crippen LogP) is 3.69. The van der Waals surface area contributed by atoms with Crippen LogP contribution >= 0.6 is 11.6 Å². The van der Waals surface area contributed by atoms with E-state index in [-0.39, 0.29) is 11.9 Å². The van der Waals surface area contributed by atoms with Gasteiger partial charge in [0.25, 0.3) is 5.91 Å². The van der Waals surface area contributed by atoms with Crippen molar-refractivity contribution in [3.63, 3.8) is 0 Å². The fourth-order valence-corrected chi connectivity index (χ4v) is 3.46. The number of likely N-dealkylation sites (tertiary alicyclic amines) is 1. The summed E-state index contributed by atoms with van der Waals surface area (Å²) in [5.41, 5.74) is 1.53. The highest BCUT2D eigenvalue weighted by molar-refractivity contribution is 6.30. The van der Waals surface area contributed by atoms with E-state index >= 15 is 0 Å². The lowest BCUT2D eigenvalue weighted by Crippen LogP contribution is -2.30. The second-order valence-electron chi connectivity index (χ2n) is 6.26. The summed E-state index contributed by atoms with van der Waals surface area (Å²) in [7, 11) is 0. The van der Waals surface area contributed by atoms with E-state index in [0.29, 0.717) is 29.4 Å². The molecule has 3 aromatic rings. The zero-order valence-electron chi connectivity index (χ0n) is 14.0. The topological polar surface area (TPSA) is 72.1 Å². The fourth-order valence-electron chi connectivity index (χ4n) is 3.25. The molecular formula is C19H17ClN4O2. The van der Waals surface area contributed by atoms with Crippen LogP contribution in [0.2, 0.25) is 5.02 Å². The van der Waals surface area contributed by atoms with E-state index in [0.717, 1.165) is 24.2 Å². The monoisotopic (exact) mass is 368 g/mol. The zero-order valence-corrected chi connectivity index (χ0v) is 14.8. The van der Waals surface area contributed by atoms with Crippen LogP contribution in [-0.4, -0.2) is 32.3 Å². The normalized spacial score (nSPS) is 16.8. The third kappa shape index (κ3) is 3.46. The van der Waals surface area contributed by atoms with E-state index in [1.54, 1.807) is 11.1 Å². The molecule has 0 bridgehead atoms. The molecule has 1 aromatic carbocycles. The van der Waals surface area contributed by atoms with E-state index in [1.165, 1.54) is 18.7 Å². The molecular weight excluding hydrogens is 352 g/mol. The van der Waals surface area contributed by atoms with Gasteiger partial charge < -0.3 is 9.32 Å². The molecule has 0 saturated carbocycles. The van der Waals surface area contributed by atoms with Gasteiger partial charge in [0.2, 0.25) is 5.89 Å². The summed E-state index contributed by atoms with van der Waals surface area (Å²) in [4.78, 5) is 26.8. The maximum absolute atomic E-state index is 12.7. The lowest BCUT2D eigenvalue weighted by atomic mass is 10.1. The van der Waals surface area contributed by atoms with Crippen molar-refractivity contribution < 1.29 is 9.21 Å². The van der Waals surface area contributed by atoms with Crippen LogP contribution in [-0.2, 0) is 6.42 Å². The molecule has 1 aliphatic rings. The van der Waals surface area contributed by atoms with Gasteiger partial charge in [-0.05, 0) is 30.5 Å². The Morgan fingerprint density at radius 2 is 2.12 bits per heavy atom. The highest BCUT2D eigenvalue weighted by atomic mass is 35.5. The molecule has 0 radical (unpaired) electrons. The first-order valence-corrected chi connectivity index (χ1v) is 8.83. The molecule has 4 rings (SSSR count). The molecule has 6 nitrogen and oxygen atoms in total. The van der Waals surface area contributed by atoms with Gasteiger partial charge >= 0.3 is 0 Å². The Hall–Kier alpha value is -2.73. The first-order valence-electron chi connectivity index (χ1n) is 8.46. The van der Waals surface area contributed by atoms with Crippen LogP contribution < -0.4 is 0 Å². The van der Waals surface area contributed by atoms with Crippen LogP contribution in [0.5, 0.6) is 0 Å². The molecule has 1 atom stereocenters. The van der Waals surface area contributed by atoms with Crippen molar-refractivity contribution in [3.8, 4) is 0 Å². The van der Waals surface area contributed by atoms with Gasteiger partial charge in [-0.25, -0.2) is 15.0 Å². The van der Waals surface area contributed by atoms with E-state index in [9.17, 15) is 4.79 Å². The van der Waals surface area contributed by atoms with E-state index in [1.807, 2.05) is 24.3 Å². The first-order chi connectivity index (χ1) is 12.7. The van der Waals surface area contributed by atoms with Crippen LogP contribution in [0.4, 0.5) is 0 Å². The number of aromatic nitrogens is 3. The Kier molecular flexibility index (Phi) is 4.67. The van der Waals surface area contributed by atoms with Crippen molar-refractivity contribution >= 4 is 17.5 Å². The van der Waals surface area contributed by atoms with Gasteiger partial charge in [-0.15, -0.1) is 0 Å². The van der Waals surface area contributed by atoms with Crippen LogP contribution in [0, 0.1) is 0 Å². The standard InChI is InChI=1S/C19H17ClN4O2/c20-15-4-1-3-13(7-15)8-16-11-23-18(26-16)17-5-2-6-24(17)19(25)14-9-21-12-22-10-14/h1,3-4,7,9-12,17H,2,5-6,8H2/t17-/m0/s1. The maximum atomic E-state index is 12.7. The minimum absolute atomic E-state index is 0.0947. The highest BCUT2D eigenvalue weighted by Crippen LogP contribution is 2.33. The average Bonchev–Trinajstić information content (AvgIpc) is 3.31. The lowest BCUT2D eigenvalue weighted by Gasteiger charge is -2.22. The van der Waals surface area contributed by atoms with E-state index < -0.39 is 0 Å². The number of carbonyl (C=O) groups excluding carboxylic acids is 1. The number of hydrogen-bond acceptors (Lipinski definition) is 5. The number of nitrogens with zero attached hydrogens (tertiary/aromatic N) is 4. The van der Waals surface area contributed by atoms with E-state index in [4.69, 9.17) is 16.0 Å². The Morgan fingerprint density at radius 3 is 2.92 bits per heavy atom. The van der Waals surface area contributed by atoms with Crippen LogP contribution in [0.15, 0.2) is 53.6 Å². The molecule has 1 saturated heterocycles. The number of oxazole rings is 1. The molecule has 0 N–H and O–H groups in total. The van der Waals surface area contributed by atoms with Gasteiger partial charge in [-0.3, -0.25) is 4.79 Å². The average molecular weight is 369 g/mol. The smallest absolute Gasteiger partial charge is 0.257 e. The van der Waals surface area contributed by atoms with Crippen molar-refractivity contribution in [2.24, 2.45) is 0 Å². The largest absolute Gasteiger partial charge is 0.443 e. The van der Waals surface area contributed by atoms with Crippen molar-refractivity contribution in [2.75, 3.05) is 6.54 Å². The number of rotatable bonds is 4. The zero-order chi connectivity index (χ0) is 17.9. The van der Waals surface area contributed by atoms with Crippen LogP contribution in [0.3, 0.4) is 0 Å². The van der Waals surface area contributed by atoms with Crippen molar-refractivity contribution in [1.29, 1.82) is 0 Å². The minimum atomic E-state index is -0.157. The summed E-state index contributed by atoms with van der Waals surface area (Å²) in [5, 5.41) is 0.694. The van der Waals surface area contributed by atoms with Crippen molar-refractivity contribution in [2.45, 2.75) is 25.3 Å². The number of hydrogen-bond donors (Lipinski definition) is 0. The molecule has 26 heavy (non-hydrogen) atoms. The number of carbonyl (C=O) groups is 1. The summed E-state index contributed by atoms with van der Waals surface area (Å²) in [6.45, 7) is 0.671. The van der Waals surface area contributed by atoms with Crippen molar-refractivity contribution in [3.05, 3.63) is 77.0 Å². The Labute approximate surface area is 155 Å². The fraction of sp³-hybridized carbons (Fsp3) is 0.263. The highest BCUT2D eigenvalue weighted by Gasteiger charge is 2.34. The van der Waals surface area contributed by atoms with Crippen LogP contribution in [0.25, 0.3) is 0 Å². The summed E-state index contributed by atoms with van der Waals surface area (Å²) >= 11 is 6.03. The Balaban J connectivity index is 1.52. The molecule has 1 amide bonds. The molecule has 0 spiro atoms. The second kappa shape index (κ2) is 7.25. The van der Waals surface area contributed by atoms with Gasteiger partial charge in [-0.2, -0.15) is 0 Å². The SMILES string of the molecule is O=C(c1cncnc1)N1CCC[C@H]1c1ncc(Cc2cccc(Cl)c2)o1. The summed E-state index contributed by atoms with van der Waals surface area (Å²) < 4.78 is 5.95. The lowest BCUT2D eigenvalue weighted by molar-refractivity contribution is 0.0713. The van der Waals surface area contributed by atoms with Gasteiger partial charge in [0.15, 0.2) is 0 Å². The van der Waals surface area contributed by atoms with Crippen LogP contribution in [0.1, 0.15) is 46.5 Å². The minimum Gasteiger partial charge on any atom is -0.443 e. The van der Waals surface area contributed by atoms with Crippen molar-refractivity contribution in [1.82, 2.24) is 19.9 Å². The van der Waals surface area contributed by atoms with Gasteiger partial charge in [0.1, 0.15) is 18.1 Å². The third-order valence-electron chi connectivity index (χ3n) is 4.45. The molecule has 132 valence electrons. The molecule has 2 aromatic heterocycles. The molecule has 7 heteroatoms. The Bertz CT molecular complexity index is 913. The predicted molar refractivity (Wildman–Crippen MR) is 95.8 cm³/mol. The number of benzene rings is 1. The van der Waals surface area contributed by atoms with Gasteiger partial charge in [0.05, 0.1) is 11.8 Å². The molecule has 0 aliphatic carbocycles. The molecule has 3 heterocycles. The molecule has 1 aliphatic heterocycles. The van der Waals surface area contributed by atoms with Gasteiger partial charge in [0, 0.05) is 30.4 Å². The Morgan fingerprint density at radius 1 is 1.27 bits per heavy atom. The first kappa shape index (κ1) is 16.7. The quantitative estimate of drug-likeness (QED) is 0.702.